The highest BCUT2D eigenvalue weighted by atomic mass is 16.5. The molecule has 1 aliphatic heterocycles. The van der Waals surface area contributed by atoms with Crippen molar-refractivity contribution < 1.29 is 14.3 Å². The van der Waals surface area contributed by atoms with Gasteiger partial charge in [0.25, 0.3) is 0 Å². The molecule has 0 saturated carbocycles. The minimum Gasteiger partial charge on any atom is -0.496 e. The molecule has 2 rings (SSSR count). The average molecular weight is 277 g/mol. The lowest BCUT2D eigenvalue weighted by molar-refractivity contribution is -0.0198. The van der Waals surface area contributed by atoms with Gasteiger partial charge in [0.05, 0.1) is 7.11 Å². The van der Waals surface area contributed by atoms with Gasteiger partial charge in [-0.25, -0.2) is 4.79 Å². The van der Waals surface area contributed by atoms with Crippen LogP contribution in [0.15, 0.2) is 24.3 Å². The topological polar surface area (TPSA) is 38.8 Å². The molecule has 0 aromatic heterocycles. The summed E-state index contributed by atoms with van der Waals surface area (Å²) in [5.41, 5.74) is 0.494. The maximum absolute atomic E-state index is 12.3. The van der Waals surface area contributed by atoms with Crippen LogP contribution in [0.4, 0.5) is 0 Å². The third-order valence-corrected chi connectivity index (χ3v) is 4.12. The third-order valence-electron chi connectivity index (χ3n) is 4.12. The molecule has 1 aromatic rings. The number of methoxy groups -OCH3 is 1. The fourth-order valence-electron chi connectivity index (χ4n) is 2.68. The van der Waals surface area contributed by atoms with E-state index in [2.05, 4.69) is 25.8 Å². The molecule has 0 amide bonds. The smallest absolute Gasteiger partial charge is 0.342 e. The van der Waals surface area contributed by atoms with E-state index in [0.29, 0.717) is 23.3 Å². The number of nitrogens with zero attached hydrogens (tertiary/aromatic N) is 1. The number of para-hydroxylation sites is 1. The Morgan fingerprint density at radius 1 is 1.30 bits per heavy atom. The first-order valence-corrected chi connectivity index (χ1v) is 7.07. The second-order valence-corrected chi connectivity index (χ2v) is 5.65. The van der Waals surface area contributed by atoms with Crippen LogP contribution in [0.5, 0.6) is 5.75 Å². The number of benzene rings is 1. The predicted molar refractivity (Wildman–Crippen MR) is 78.1 cm³/mol. The molecule has 110 valence electrons. The van der Waals surface area contributed by atoms with E-state index < -0.39 is 0 Å². The van der Waals surface area contributed by atoms with Gasteiger partial charge in [-0.3, -0.25) is 0 Å². The molecule has 4 nitrogen and oxygen atoms in total. The molecule has 1 fully saturated rings. The lowest BCUT2D eigenvalue weighted by Crippen LogP contribution is -2.46. The summed E-state index contributed by atoms with van der Waals surface area (Å²) in [5.74, 6) is 0.608. The average Bonchev–Trinajstić information content (AvgIpc) is 2.44. The predicted octanol–water partition coefficient (Wildman–Crippen LogP) is 2.58. The maximum atomic E-state index is 12.3. The molecular formula is C16H23NO3. The van der Waals surface area contributed by atoms with Gasteiger partial charge in [0, 0.05) is 18.5 Å². The number of ether oxygens (including phenoxy) is 2. The summed E-state index contributed by atoms with van der Waals surface area (Å²) in [6, 6.07) is 7.61. The largest absolute Gasteiger partial charge is 0.496 e. The standard InChI is InChI=1S/C16H23NO3/c1-11-10-17(3)12(2)9-15(11)20-16(18)13-7-5-6-8-14(13)19-4/h5-8,11-12,15H,9-10H2,1-4H3/t11-,12+,15+/m0/s1. The van der Waals surface area contributed by atoms with Crippen molar-refractivity contribution in [3.8, 4) is 5.75 Å². The summed E-state index contributed by atoms with van der Waals surface area (Å²) >= 11 is 0. The Balaban J connectivity index is 2.07. The van der Waals surface area contributed by atoms with Crippen molar-refractivity contribution in [2.45, 2.75) is 32.4 Å². The number of rotatable bonds is 3. The molecule has 0 spiro atoms. The molecular weight excluding hydrogens is 254 g/mol. The van der Waals surface area contributed by atoms with Gasteiger partial charge < -0.3 is 14.4 Å². The highest BCUT2D eigenvalue weighted by molar-refractivity contribution is 5.92. The number of carbonyl (C=O) groups is 1. The fraction of sp³-hybridized carbons (Fsp3) is 0.562. The van der Waals surface area contributed by atoms with E-state index in [1.54, 1.807) is 19.2 Å². The quantitative estimate of drug-likeness (QED) is 0.796. The van der Waals surface area contributed by atoms with Crippen LogP contribution in [0.3, 0.4) is 0 Å². The van der Waals surface area contributed by atoms with Crippen molar-refractivity contribution in [1.82, 2.24) is 4.90 Å². The minimum absolute atomic E-state index is 0.0291. The molecule has 0 N–H and O–H groups in total. The molecule has 4 heteroatoms. The summed E-state index contributed by atoms with van der Waals surface area (Å²) < 4.78 is 10.9. The van der Waals surface area contributed by atoms with Crippen molar-refractivity contribution >= 4 is 5.97 Å². The number of carbonyl (C=O) groups excluding carboxylic acids is 1. The van der Waals surface area contributed by atoms with Crippen LogP contribution in [0, 0.1) is 5.92 Å². The zero-order valence-electron chi connectivity index (χ0n) is 12.6. The van der Waals surface area contributed by atoms with E-state index in [-0.39, 0.29) is 12.1 Å². The number of hydrogen-bond donors (Lipinski definition) is 0. The Labute approximate surface area is 120 Å². The lowest BCUT2D eigenvalue weighted by atomic mass is 9.92. The number of hydrogen-bond acceptors (Lipinski definition) is 4. The zero-order valence-corrected chi connectivity index (χ0v) is 12.6. The third kappa shape index (κ3) is 3.12. The van der Waals surface area contributed by atoms with Crippen molar-refractivity contribution in [3.63, 3.8) is 0 Å². The van der Waals surface area contributed by atoms with E-state index in [4.69, 9.17) is 9.47 Å². The van der Waals surface area contributed by atoms with Gasteiger partial charge in [0.1, 0.15) is 17.4 Å². The highest BCUT2D eigenvalue weighted by Gasteiger charge is 2.32. The fourth-order valence-corrected chi connectivity index (χ4v) is 2.68. The molecule has 0 radical (unpaired) electrons. The molecule has 3 atom stereocenters. The minimum atomic E-state index is -0.295. The molecule has 0 bridgehead atoms. The van der Waals surface area contributed by atoms with Crippen LogP contribution < -0.4 is 4.74 Å². The van der Waals surface area contributed by atoms with E-state index in [1.165, 1.54) is 0 Å². The van der Waals surface area contributed by atoms with E-state index in [9.17, 15) is 4.79 Å². The first-order chi connectivity index (χ1) is 9.52. The van der Waals surface area contributed by atoms with Crippen molar-refractivity contribution in [3.05, 3.63) is 29.8 Å². The Morgan fingerprint density at radius 3 is 2.70 bits per heavy atom. The van der Waals surface area contributed by atoms with Crippen LogP contribution in [0.2, 0.25) is 0 Å². The molecule has 20 heavy (non-hydrogen) atoms. The van der Waals surface area contributed by atoms with Gasteiger partial charge in [-0.15, -0.1) is 0 Å². The van der Waals surface area contributed by atoms with Crippen molar-refractivity contribution in [2.24, 2.45) is 5.92 Å². The summed E-state index contributed by atoms with van der Waals surface area (Å²) in [6.45, 7) is 5.24. The van der Waals surface area contributed by atoms with Gasteiger partial charge in [-0.1, -0.05) is 19.1 Å². The molecule has 0 aliphatic carbocycles. The van der Waals surface area contributed by atoms with Crippen LogP contribution in [0.25, 0.3) is 0 Å². The van der Waals surface area contributed by atoms with Crippen LogP contribution in [-0.2, 0) is 4.74 Å². The summed E-state index contributed by atoms with van der Waals surface area (Å²) in [6.07, 6.45) is 0.845. The molecule has 1 heterocycles. The Morgan fingerprint density at radius 2 is 2.00 bits per heavy atom. The zero-order chi connectivity index (χ0) is 14.7. The van der Waals surface area contributed by atoms with Crippen LogP contribution in [-0.4, -0.2) is 43.7 Å². The molecule has 1 aliphatic rings. The van der Waals surface area contributed by atoms with E-state index in [1.807, 2.05) is 12.1 Å². The number of likely N-dealkylation sites (tertiary alicyclic amines) is 1. The van der Waals surface area contributed by atoms with Crippen LogP contribution in [0.1, 0.15) is 30.6 Å². The van der Waals surface area contributed by atoms with Crippen molar-refractivity contribution in [1.29, 1.82) is 0 Å². The Hall–Kier alpha value is -1.55. The highest BCUT2D eigenvalue weighted by Crippen LogP contribution is 2.26. The summed E-state index contributed by atoms with van der Waals surface area (Å²) in [7, 11) is 3.67. The molecule has 1 aromatic carbocycles. The summed E-state index contributed by atoms with van der Waals surface area (Å²) in [4.78, 5) is 14.6. The van der Waals surface area contributed by atoms with Gasteiger partial charge in [0.2, 0.25) is 0 Å². The normalized spacial score (nSPS) is 27.1. The Kier molecular flexibility index (Phi) is 4.65. The van der Waals surface area contributed by atoms with Gasteiger partial charge in [0.15, 0.2) is 0 Å². The first kappa shape index (κ1) is 14.9. The number of esters is 1. The molecule has 1 saturated heterocycles. The van der Waals surface area contributed by atoms with E-state index in [0.717, 1.165) is 13.0 Å². The van der Waals surface area contributed by atoms with Crippen molar-refractivity contribution in [2.75, 3.05) is 20.7 Å². The Bertz CT molecular complexity index is 475. The van der Waals surface area contributed by atoms with Gasteiger partial charge in [-0.2, -0.15) is 0 Å². The summed E-state index contributed by atoms with van der Waals surface area (Å²) in [5, 5.41) is 0. The second-order valence-electron chi connectivity index (χ2n) is 5.65. The monoisotopic (exact) mass is 277 g/mol. The van der Waals surface area contributed by atoms with Crippen LogP contribution >= 0.6 is 0 Å². The van der Waals surface area contributed by atoms with E-state index >= 15 is 0 Å². The second kappa shape index (κ2) is 6.27. The lowest BCUT2D eigenvalue weighted by Gasteiger charge is -2.39. The number of piperidine rings is 1. The maximum Gasteiger partial charge on any atom is 0.342 e. The van der Waals surface area contributed by atoms with Gasteiger partial charge in [-0.05, 0) is 32.5 Å². The molecule has 0 unspecified atom stereocenters. The SMILES string of the molecule is COc1ccccc1C(=O)O[C@@H]1C[C@@H](C)N(C)C[C@@H]1C. The first-order valence-electron chi connectivity index (χ1n) is 7.07. The van der Waals surface area contributed by atoms with Gasteiger partial charge >= 0.3 is 5.97 Å².